The molecule has 2 fully saturated rings. The largest absolute Gasteiger partial charge is 0.352 e. The van der Waals surface area contributed by atoms with E-state index in [-0.39, 0.29) is 11.8 Å². The number of carbonyl (C=O) groups excluding carboxylic acids is 2. The third-order valence-electron chi connectivity index (χ3n) is 6.28. The van der Waals surface area contributed by atoms with Gasteiger partial charge in [0.1, 0.15) is 5.82 Å². The molecule has 1 saturated heterocycles. The molecule has 1 aliphatic carbocycles. The number of H-pyrrole nitrogens is 1. The standard InChI is InChI=1S/C23H27N7O2/c1-29-14-19(13-25-29)22(31)24-12-15-8-10-30(11-9-15)23(32)18-6-4-17(5-7-18)21-26-20(27-28-21)16-2-3-16/h4-7,13-16H,2-3,8-12H2,1H3,(H,24,31)(H,26,27,28). The van der Waals surface area contributed by atoms with Gasteiger partial charge in [0, 0.05) is 49.9 Å². The molecule has 32 heavy (non-hydrogen) atoms. The number of aryl methyl sites for hydroxylation is 1. The third kappa shape index (κ3) is 4.42. The number of amides is 2. The SMILES string of the molecule is Cn1cc(C(=O)NCC2CCN(C(=O)c3ccc(-c4n[nH]c(C5CC5)n4)cc3)CC2)cn1. The minimum atomic E-state index is -0.104. The zero-order chi connectivity index (χ0) is 22.1. The van der Waals surface area contributed by atoms with Gasteiger partial charge in [-0.05, 0) is 43.7 Å². The number of nitrogens with one attached hydrogen (secondary N) is 2. The van der Waals surface area contributed by atoms with Gasteiger partial charge in [0.05, 0.1) is 11.8 Å². The number of nitrogens with zero attached hydrogens (tertiary/aromatic N) is 5. The molecule has 0 spiro atoms. The highest BCUT2D eigenvalue weighted by molar-refractivity contribution is 5.95. The summed E-state index contributed by atoms with van der Waals surface area (Å²) in [6.07, 6.45) is 7.37. The summed E-state index contributed by atoms with van der Waals surface area (Å²) in [6.45, 7) is 2.00. The Morgan fingerprint density at radius 1 is 1.09 bits per heavy atom. The van der Waals surface area contributed by atoms with Crippen molar-refractivity contribution in [2.75, 3.05) is 19.6 Å². The molecular formula is C23H27N7O2. The Balaban J connectivity index is 1.12. The van der Waals surface area contributed by atoms with Crippen molar-refractivity contribution >= 4 is 11.8 Å². The first-order chi connectivity index (χ1) is 15.6. The number of hydrogen-bond acceptors (Lipinski definition) is 5. The van der Waals surface area contributed by atoms with Crippen LogP contribution in [0.25, 0.3) is 11.4 Å². The van der Waals surface area contributed by atoms with Crippen LogP contribution < -0.4 is 5.32 Å². The molecule has 1 aromatic carbocycles. The van der Waals surface area contributed by atoms with E-state index in [9.17, 15) is 9.59 Å². The normalized spacial score (nSPS) is 16.8. The van der Waals surface area contributed by atoms with Gasteiger partial charge in [-0.2, -0.15) is 10.2 Å². The summed E-state index contributed by atoms with van der Waals surface area (Å²) in [5, 5.41) is 14.3. The van der Waals surface area contributed by atoms with Gasteiger partial charge in [0.2, 0.25) is 0 Å². The highest BCUT2D eigenvalue weighted by Gasteiger charge is 2.27. The van der Waals surface area contributed by atoms with Crippen molar-refractivity contribution in [3.05, 3.63) is 53.6 Å². The second kappa shape index (κ2) is 8.57. The van der Waals surface area contributed by atoms with E-state index < -0.39 is 0 Å². The molecule has 9 nitrogen and oxygen atoms in total. The quantitative estimate of drug-likeness (QED) is 0.620. The fourth-order valence-electron chi connectivity index (χ4n) is 4.10. The summed E-state index contributed by atoms with van der Waals surface area (Å²) in [4.78, 5) is 31.6. The lowest BCUT2D eigenvalue weighted by molar-refractivity contribution is 0.0684. The van der Waals surface area contributed by atoms with Crippen molar-refractivity contribution in [2.24, 2.45) is 13.0 Å². The van der Waals surface area contributed by atoms with Crippen molar-refractivity contribution < 1.29 is 9.59 Å². The van der Waals surface area contributed by atoms with Crippen LogP contribution in [-0.4, -0.2) is 61.3 Å². The second-order valence-corrected chi connectivity index (χ2v) is 8.74. The van der Waals surface area contributed by atoms with Crippen LogP contribution >= 0.6 is 0 Å². The van der Waals surface area contributed by atoms with E-state index in [2.05, 4.69) is 25.6 Å². The van der Waals surface area contributed by atoms with Crippen molar-refractivity contribution in [2.45, 2.75) is 31.6 Å². The predicted molar refractivity (Wildman–Crippen MR) is 118 cm³/mol. The van der Waals surface area contributed by atoms with Crippen LogP contribution in [0.2, 0.25) is 0 Å². The van der Waals surface area contributed by atoms with E-state index in [0.717, 1.165) is 24.2 Å². The fraction of sp³-hybridized carbons (Fsp3) is 0.435. The topological polar surface area (TPSA) is 109 Å². The smallest absolute Gasteiger partial charge is 0.254 e. The molecule has 3 heterocycles. The molecule has 3 aromatic rings. The summed E-state index contributed by atoms with van der Waals surface area (Å²) in [6, 6.07) is 7.53. The first-order valence-corrected chi connectivity index (χ1v) is 11.2. The molecule has 0 atom stereocenters. The van der Waals surface area contributed by atoms with Crippen LogP contribution in [0.3, 0.4) is 0 Å². The molecule has 1 aliphatic heterocycles. The third-order valence-corrected chi connectivity index (χ3v) is 6.28. The maximum absolute atomic E-state index is 12.9. The molecule has 0 unspecified atom stereocenters. The zero-order valence-electron chi connectivity index (χ0n) is 18.1. The number of aromatic amines is 1. The van der Waals surface area contributed by atoms with Gasteiger partial charge in [0.25, 0.3) is 11.8 Å². The molecule has 2 N–H and O–H groups in total. The highest BCUT2D eigenvalue weighted by Crippen LogP contribution is 2.38. The van der Waals surface area contributed by atoms with Crippen molar-refractivity contribution in [3.8, 4) is 11.4 Å². The van der Waals surface area contributed by atoms with Gasteiger partial charge in [-0.25, -0.2) is 4.98 Å². The van der Waals surface area contributed by atoms with Gasteiger partial charge < -0.3 is 10.2 Å². The van der Waals surface area contributed by atoms with Crippen LogP contribution in [0.15, 0.2) is 36.7 Å². The van der Waals surface area contributed by atoms with E-state index in [0.29, 0.717) is 48.4 Å². The van der Waals surface area contributed by atoms with E-state index >= 15 is 0 Å². The number of carbonyl (C=O) groups is 2. The monoisotopic (exact) mass is 433 g/mol. The van der Waals surface area contributed by atoms with Gasteiger partial charge >= 0.3 is 0 Å². The molecule has 9 heteroatoms. The van der Waals surface area contributed by atoms with Crippen LogP contribution in [0.1, 0.15) is 58.1 Å². The van der Waals surface area contributed by atoms with E-state index in [1.165, 1.54) is 12.8 Å². The van der Waals surface area contributed by atoms with E-state index in [1.54, 1.807) is 24.1 Å². The number of rotatable bonds is 6. The van der Waals surface area contributed by atoms with Gasteiger partial charge in [-0.15, -0.1) is 0 Å². The van der Waals surface area contributed by atoms with Gasteiger partial charge in [0.15, 0.2) is 5.82 Å². The summed E-state index contributed by atoms with van der Waals surface area (Å²) < 4.78 is 1.61. The Hall–Kier alpha value is -3.49. The molecule has 1 saturated carbocycles. The Labute approximate surface area is 186 Å². The molecule has 166 valence electrons. The molecule has 0 bridgehead atoms. The Morgan fingerprint density at radius 3 is 2.50 bits per heavy atom. The lowest BCUT2D eigenvalue weighted by atomic mass is 9.96. The lowest BCUT2D eigenvalue weighted by Crippen LogP contribution is -2.41. The van der Waals surface area contributed by atoms with Crippen LogP contribution in [0.4, 0.5) is 0 Å². The van der Waals surface area contributed by atoms with Crippen LogP contribution in [-0.2, 0) is 7.05 Å². The lowest BCUT2D eigenvalue weighted by Gasteiger charge is -2.32. The summed E-state index contributed by atoms with van der Waals surface area (Å²) in [5.41, 5.74) is 2.15. The zero-order valence-corrected chi connectivity index (χ0v) is 18.1. The average Bonchev–Trinajstić information content (AvgIpc) is 3.39. The van der Waals surface area contributed by atoms with E-state index in [4.69, 9.17) is 0 Å². The minimum Gasteiger partial charge on any atom is -0.352 e. The Morgan fingerprint density at radius 2 is 1.84 bits per heavy atom. The van der Waals surface area contributed by atoms with Crippen molar-refractivity contribution in [3.63, 3.8) is 0 Å². The van der Waals surface area contributed by atoms with Crippen LogP contribution in [0, 0.1) is 5.92 Å². The molecule has 2 aromatic heterocycles. The van der Waals surface area contributed by atoms with Gasteiger partial charge in [-0.3, -0.25) is 19.4 Å². The highest BCUT2D eigenvalue weighted by atomic mass is 16.2. The first kappa shape index (κ1) is 20.4. The average molecular weight is 434 g/mol. The summed E-state index contributed by atoms with van der Waals surface area (Å²) in [7, 11) is 1.79. The number of piperidine rings is 1. The van der Waals surface area contributed by atoms with E-state index in [1.807, 2.05) is 29.2 Å². The number of likely N-dealkylation sites (tertiary alicyclic amines) is 1. The molecule has 5 rings (SSSR count). The minimum absolute atomic E-state index is 0.0445. The molecule has 2 aliphatic rings. The van der Waals surface area contributed by atoms with Gasteiger partial charge in [-0.1, -0.05) is 12.1 Å². The molecular weight excluding hydrogens is 406 g/mol. The number of hydrogen-bond donors (Lipinski definition) is 2. The molecule has 0 radical (unpaired) electrons. The first-order valence-electron chi connectivity index (χ1n) is 11.2. The van der Waals surface area contributed by atoms with Crippen molar-refractivity contribution in [1.29, 1.82) is 0 Å². The Kier molecular flexibility index (Phi) is 5.46. The number of aromatic nitrogens is 5. The fourth-order valence-corrected chi connectivity index (χ4v) is 4.10. The summed E-state index contributed by atoms with van der Waals surface area (Å²) in [5.74, 6) is 2.48. The number of benzene rings is 1. The second-order valence-electron chi connectivity index (χ2n) is 8.74. The van der Waals surface area contributed by atoms with Crippen molar-refractivity contribution in [1.82, 2.24) is 35.2 Å². The maximum atomic E-state index is 12.9. The maximum Gasteiger partial charge on any atom is 0.254 e. The Bertz CT molecular complexity index is 1110. The predicted octanol–water partition coefficient (Wildman–Crippen LogP) is 2.36. The molecule has 2 amide bonds. The van der Waals surface area contributed by atoms with Crippen LogP contribution in [0.5, 0.6) is 0 Å². The summed E-state index contributed by atoms with van der Waals surface area (Å²) >= 11 is 0.